The standard InChI is InChI=1S/C9H12O4/c10-6-4-3-9(11-1-2-12-9)5(4)7-8(6)13-7/h4-8,10H,1-3H2/t4-,5+,6+,7+,8-/m0/s1. The third kappa shape index (κ3) is 0.655. The van der Waals surface area contributed by atoms with Crippen LogP contribution in [0, 0.1) is 11.8 Å². The lowest BCUT2D eigenvalue weighted by atomic mass is 9.68. The maximum absolute atomic E-state index is 9.74. The molecule has 4 fully saturated rings. The molecule has 2 aliphatic heterocycles. The van der Waals surface area contributed by atoms with Crippen LogP contribution in [0.4, 0.5) is 0 Å². The van der Waals surface area contributed by atoms with Gasteiger partial charge in [-0.2, -0.15) is 0 Å². The van der Waals surface area contributed by atoms with Crippen molar-refractivity contribution < 1.29 is 19.3 Å². The molecule has 1 N–H and O–H groups in total. The van der Waals surface area contributed by atoms with Crippen LogP contribution in [0.2, 0.25) is 0 Å². The van der Waals surface area contributed by atoms with Gasteiger partial charge in [-0.25, -0.2) is 0 Å². The van der Waals surface area contributed by atoms with E-state index in [0.717, 1.165) is 6.42 Å². The third-order valence-electron chi connectivity index (χ3n) is 3.96. The third-order valence-corrected chi connectivity index (χ3v) is 3.96. The predicted molar refractivity (Wildman–Crippen MR) is 40.9 cm³/mol. The first-order valence-electron chi connectivity index (χ1n) is 4.93. The zero-order valence-electron chi connectivity index (χ0n) is 7.18. The summed E-state index contributed by atoms with van der Waals surface area (Å²) >= 11 is 0. The molecule has 2 heterocycles. The lowest BCUT2D eigenvalue weighted by Crippen LogP contribution is -2.57. The van der Waals surface area contributed by atoms with Gasteiger partial charge in [-0.15, -0.1) is 0 Å². The van der Waals surface area contributed by atoms with Crippen LogP contribution < -0.4 is 0 Å². The van der Waals surface area contributed by atoms with E-state index in [2.05, 4.69) is 0 Å². The molecule has 2 aliphatic carbocycles. The van der Waals surface area contributed by atoms with Crippen LogP contribution in [-0.2, 0) is 14.2 Å². The smallest absolute Gasteiger partial charge is 0.174 e. The van der Waals surface area contributed by atoms with Crippen molar-refractivity contribution in [2.75, 3.05) is 13.2 Å². The predicted octanol–water partition coefficient (Wildman–Crippen LogP) is -0.493. The van der Waals surface area contributed by atoms with Crippen molar-refractivity contribution in [3.05, 3.63) is 0 Å². The molecule has 0 radical (unpaired) electrons. The Morgan fingerprint density at radius 3 is 2.62 bits per heavy atom. The van der Waals surface area contributed by atoms with Gasteiger partial charge in [-0.1, -0.05) is 0 Å². The van der Waals surface area contributed by atoms with Crippen molar-refractivity contribution in [1.82, 2.24) is 0 Å². The van der Waals surface area contributed by atoms with Crippen molar-refractivity contribution >= 4 is 0 Å². The molecule has 2 saturated carbocycles. The maximum Gasteiger partial charge on any atom is 0.174 e. The Morgan fingerprint density at radius 2 is 1.92 bits per heavy atom. The number of aliphatic hydroxyl groups excluding tert-OH is 1. The van der Waals surface area contributed by atoms with E-state index in [-0.39, 0.29) is 24.1 Å². The Morgan fingerprint density at radius 1 is 1.15 bits per heavy atom. The van der Waals surface area contributed by atoms with Crippen molar-refractivity contribution in [3.63, 3.8) is 0 Å². The van der Waals surface area contributed by atoms with E-state index in [9.17, 15) is 5.11 Å². The van der Waals surface area contributed by atoms with Crippen molar-refractivity contribution in [2.24, 2.45) is 11.8 Å². The maximum atomic E-state index is 9.74. The largest absolute Gasteiger partial charge is 0.390 e. The molecule has 4 aliphatic rings. The summed E-state index contributed by atoms with van der Waals surface area (Å²) < 4.78 is 16.6. The van der Waals surface area contributed by atoms with Crippen LogP contribution in [0.3, 0.4) is 0 Å². The second-order valence-corrected chi connectivity index (χ2v) is 4.46. The van der Waals surface area contributed by atoms with E-state index in [0.29, 0.717) is 25.0 Å². The fourth-order valence-corrected chi connectivity index (χ4v) is 3.31. The molecule has 0 bridgehead atoms. The van der Waals surface area contributed by atoms with E-state index >= 15 is 0 Å². The van der Waals surface area contributed by atoms with E-state index in [4.69, 9.17) is 14.2 Å². The number of ether oxygens (including phenoxy) is 3. The molecule has 4 nitrogen and oxygen atoms in total. The van der Waals surface area contributed by atoms with Gasteiger partial charge in [-0.05, 0) is 0 Å². The van der Waals surface area contributed by atoms with Crippen molar-refractivity contribution in [3.8, 4) is 0 Å². The zero-order chi connectivity index (χ0) is 8.63. The number of aliphatic hydroxyl groups is 1. The first-order valence-corrected chi connectivity index (χ1v) is 4.93. The Kier molecular flexibility index (Phi) is 1.07. The lowest BCUT2D eigenvalue weighted by molar-refractivity contribution is -0.289. The average Bonchev–Trinajstić information content (AvgIpc) is 2.61. The molecule has 0 unspecified atom stereocenters. The molecule has 4 rings (SSSR count). The molecule has 4 heteroatoms. The second-order valence-electron chi connectivity index (χ2n) is 4.46. The molecule has 13 heavy (non-hydrogen) atoms. The van der Waals surface area contributed by atoms with Crippen LogP contribution in [0.5, 0.6) is 0 Å². The van der Waals surface area contributed by atoms with E-state index in [1.54, 1.807) is 0 Å². The Labute approximate surface area is 75.8 Å². The van der Waals surface area contributed by atoms with Gasteiger partial charge in [-0.3, -0.25) is 0 Å². The number of rotatable bonds is 0. The molecule has 0 amide bonds. The average molecular weight is 184 g/mol. The lowest BCUT2D eigenvalue weighted by Gasteiger charge is -2.49. The van der Waals surface area contributed by atoms with Crippen LogP contribution >= 0.6 is 0 Å². The van der Waals surface area contributed by atoms with Gasteiger partial charge < -0.3 is 19.3 Å². The highest BCUT2D eigenvalue weighted by Gasteiger charge is 2.75. The van der Waals surface area contributed by atoms with Crippen LogP contribution in [0.25, 0.3) is 0 Å². The van der Waals surface area contributed by atoms with Gasteiger partial charge in [0.1, 0.15) is 6.10 Å². The Balaban J connectivity index is 1.67. The summed E-state index contributed by atoms with van der Waals surface area (Å²) in [5.41, 5.74) is 0. The molecule has 0 aromatic rings. The van der Waals surface area contributed by atoms with Gasteiger partial charge in [0, 0.05) is 18.3 Å². The van der Waals surface area contributed by atoms with Crippen LogP contribution in [-0.4, -0.2) is 42.4 Å². The highest BCUT2D eigenvalue weighted by Crippen LogP contribution is 2.63. The van der Waals surface area contributed by atoms with Crippen molar-refractivity contribution in [2.45, 2.75) is 30.5 Å². The highest BCUT2D eigenvalue weighted by atomic mass is 16.7. The summed E-state index contributed by atoms with van der Waals surface area (Å²) in [5, 5.41) is 9.74. The summed E-state index contributed by atoms with van der Waals surface area (Å²) in [6.07, 6.45) is 0.886. The summed E-state index contributed by atoms with van der Waals surface area (Å²) in [7, 11) is 0. The monoisotopic (exact) mass is 184 g/mol. The fourth-order valence-electron chi connectivity index (χ4n) is 3.31. The number of hydrogen-bond donors (Lipinski definition) is 1. The van der Waals surface area contributed by atoms with Gasteiger partial charge in [0.2, 0.25) is 0 Å². The fraction of sp³-hybridized carbons (Fsp3) is 1.00. The number of epoxide rings is 1. The topological polar surface area (TPSA) is 51.2 Å². The minimum atomic E-state index is -0.373. The second kappa shape index (κ2) is 1.93. The summed E-state index contributed by atoms with van der Waals surface area (Å²) in [4.78, 5) is 0. The van der Waals surface area contributed by atoms with Crippen molar-refractivity contribution in [1.29, 1.82) is 0 Å². The molecule has 2 saturated heterocycles. The van der Waals surface area contributed by atoms with Gasteiger partial charge in [0.25, 0.3) is 0 Å². The molecule has 0 aromatic heterocycles. The van der Waals surface area contributed by atoms with Crippen LogP contribution in [0.15, 0.2) is 0 Å². The molecular weight excluding hydrogens is 172 g/mol. The number of hydrogen-bond acceptors (Lipinski definition) is 4. The molecule has 5 atom stereocenters. The van der Waals surface area contributed by atoms with Gasteiger partial charge in [0.15, 0.2) is 5.79 Å². The SMILES string of the molecule is O[C@@H]1[C@H]2CC3(OCCO3)[C@H]2[C@H]2O[C@@H]12. The first kappa shape index (κ1) is 7.17. The van der Waals surface area contributed by atoms with E-state index < -0.39 is 0 Å². The Bertz CT molecular complexity index is 260. The minimum absolute atomic E-state index is 0.0853. The first-order chi connectivity index (χ1) is 6.32. The summed E-state index contributed by atoms with van der Waals surface area (Å²) in [6.45, 7) is 1.38. The molecular formula is C9H12O4. The molecule has 1 spiro atoms. The van der Waals surface area contributed by atoms with E-state index in [1.165, 1.54) is 0 Å². The molecule has 72 valence electrons. The van der Waals surface area contributed by atoms with Gasteiger partial charge >= 0.3 is 0 Å². The van der Waals surface area contributed by atoms with Gasteiger partial charge in [0.05, 0.1) is 25.4 Å². The van der Waals surface area contributed by atoms with Crippen LogP contribution in [0.1, 0.15) is 6.42 Å². The summed E-state index contributed by atoms with van der Waals surface area (Å²) in [5.74, 6) is 0.290. The highest BCUT2D eigenvalue weighted by molar-refractivity contribution is 5.19. The quantitative estimate of drug-likeness (QED) is 0.516. The Hall–Kier alpha value is -0.160. The van der Waals surface area contributed by atoms with E-state index in [1.807, 2.05) is 0 Å². The normalized spacial score (nSPS) is 60.2. The minimum Gasteiger partial charge on any atom is -0.390 e. The molecule has 0 aromatic carbocycles. The summed E-state index contributed by atoms with van der Waals surface area (Å²) in [6, 6.07) is 0. The number of fused-ring (bicyclic) bond motifs is 4. The zero-order valence-corrected chi connectivity index (χ0v) is 7.18.